The second-order valence-corrected chi connectivity index (χ2v) is 2.15. The van der Waals surface area contributed by atoms with Crippen molar-refractivity contribution in [2.75, 3.05) is 0 Å². The van der Waals surface area contributed by atoms with Crippen molar-refractivity contribution in [3.05, 3.63) is 35.9 Å². The van der Waals surface area contributed by atoms with Crippen LogP contribution < -0.4 is 0 Å². The summed E-state index contributed by atoms with van der Waals surface area (Å²) in [5.74, 6) is -1.23. The van der Waals surface area contributed by atoms with Crippen LogP contribution in [-0.4, -0.2) is 67.6 Å². The molecule has 0 spiro atoms. The molecule has 2 N–H and O–H groups in total. The van der Waals surface area contributed by atoms with Gasteiger partial charge in [0.2, 0.25) is 0 Å². The van der Waals surface area contributed by atoms with Gasteiger partial charge in [-0.15, -0.1) is 0 Å². The van der Waals surface area contributed by atoms with Gasteiger partial charge in [-0.2, -0.15) is 0 Å². The summed E-state index contributed by atoms with van der Waals surface area (Å²) >= 11 is 0. The van der Waals surface area contributed by atoms with Crippen LogP contribution in [0.2, 0.25) is 0 Å². The molecule has 3 nitrogen and oxygen atoms in total. The van der Waals surface area contributed by atoms with Crippen LogP contribution in [0.5, 0.6) is 0 Å². The zero-order valence-corrected chi connectivity index (χ0v) is 8.72. The van der Waals surface area contributed by atoms with Crippen molar-refractivity contribution in [1.82, 2.24) is 0 Å². The molecule has 5 heteroatoms. The molecule has 1 unspecified atom stereocenters. The minimum atomic E-state index is -1.41. The van der Waals surface area contributed by atoms with Crippen LogP contribution in [0, 0.1) is 0 Å². The summed E-state index contributed by atoms with van der Waals surface area (Å²) in [5.41, 5.74) is 0.403. The zero-order chi connectivity index (χ0) is 8.27. The number of aliphatic carboxylic acids is 1. The molecule has 0 radical (unpaired) electrons. The Morgan fingerprint density at radius 3 is 2.08 bits per heavy atom. The fourth-order valence-electron chi connectivity index (χ4n) is 0.778. The molecule has 0 aliphatic rings. The SMILES string of the molecule is O=C(O)C(O)c1ccccc1.[KH].[Zr]. The number of carbonyl (C=O) groups is 1. The first-order valence-electron chi connectivity index (χ1n) is 3.17. The number of hydrogen-bond donors (Lipinski definition) is 2. The molecular formula is C8H9KO3Zr. The van der Waals surface area contributed by atoms with Gasteiger partial charge in [-0.3, -0.25) is 0 Å². The number of carboxylic acid groups (broad SMARTS) is 1. The van der Waals surface area contributed by atoms with Crippen LogP contribution in [0.15, 0.2) is 30.3 Å². The maximum Gasteiger partial charge on any atom is 0 e. The molecule has 0 bridgehead atoms. The van der Waals surface area contributed by atoms with Gasteiger partial charge in [-0.05, 0) is 5.56 Å². The number of aliphatic hydroxyl groups is 1. The first kappa shape index (κ1) is 16.6. The minimum Gasteiger partial charge on any atom is 0 e. The van der Waals surface area contributed by atoms with E-state index in [1.807, 2.05) is 0 Å². The van der Waals surface area contributed by atoms with E-state index >= 15 is 0 Å². The summed E-state index contributed by atoms with van der Waals surface area (Å²) in [7, 11) is 0. The molecule has 1 aromatic rings. The Labute approximate surface area is 138 Å². The predicted molar refractivity (Wildman–Crippen MR) is 46.2 cm³/mol. The number of aliphatic hydroxyl groups excluding tert-OH is 1. The van der Waals surface area contributed by atoms with Crippen molar-refractivity contribution in [2.24, 2.45) is 0 Å². The Kier molecular flexibility index (Phi) is 10.8. The monoisotopic (exact) mass is 282 g/mol. The van der Waals surface area contributed by atoms with Gasteiger partial charge >= 0.3 is 57.4 Å². The van der Waals surface area contributed by atoms with E-state index < -0.39 is 12.1 Å². The third kappa shape index (κ3) is 5.57. The number of hydrogen-bond acceptors (Lipinski definition) is 2. The summed E-state index contributed by atoms with van der Waals surface area (Å²) in [4.78, 5) is 10.2. The maximum atomic E-state index is 10.2. The molecule has 1 aromatic carbocycles. The van der Waals surface area contributed by atoms with Crippen molar-refractivity contribution in [2.45, 2.75) is 6.10 Å². The van der Waals surface area contributed by atoms with Crippen molar-refractivity contribution >= 4 is 57.4 Å². The first-order valence-corrected chi connectivity index (χ1v) is 3.17. The Morgan fingerprint density at radius 1 is 1.23 bits per heavy atom. The van der Waals surface area contributed by atoms with E-state index in [1.165, 1.54) is 0 Å². The fraction of sp³-hybridized carbons (Fsp3) is 0.125. The van der Waals surface area contributed by atoms with E-state index in [0.717, 1.165) is 0 Å². The molecule has 0 aromatic heterocycles. The Morgan fingerprint density at radius 2 is 1.69 bits per heavy atom. The summed E-state index contributed by atoms with van der Waals surface area (Å²) < 4.78 is 0. The molecule has 0 amide bonds. The standard InChI is InChI=1S/C8H8O3.K.Zr.H/c9-7(8(10)11)6-4-2-1-3-5-6;;;/h1-5,7,9H,(H,10,11);;;. The van der Waals surface area contributed by atoms with Gasteiger partial charge in [0.05, 0.1) is 0 Å². The van der Waals surface area contributed by atoms with Crippen LogP contribution >= 0.6 is 0 Å². The molecule has 0 fully saturated rings. The molecule has 0 saturated carbocycles. The largest absolute Gasteiger partial charge is 0 e. The first-order chi connectivity index (χ1) is 5.22. The molecule has 1 rings (SSSR count). The van der Waals surface area contributed by atoms with E-state index in [1.54, 1.807) is 30.3 Å². The van der Waals surface area contributed by atoms with Gasteiger partial charge in [0.1, 0.15) is 0 Å². The molecule has 0 aliphatic carbocycles. The van der Waals surface area contributed by atoms with Gasteiger partial charge in [0.25, 0.3) is 0 Å². The zero-order valence-electron chi connectivity index (χ0n) is 6.27. The van der Waals surface area contributed by atoms with Crippen LogP contribution in [0.3, 0.4) is 0 Å². The number of carboxylic acids is 1. The average molecular weight is 283 g/mol. The van der Waals surface area contributed by atoms with Crippen LogP contribution in [0.1, 0.15) is 11.7 Å². The van der Waals surface area contributed by atoms with Crippen LogP contribution in [0.25, 0.3) is 0 Å². The summed E-state index contributed by atoms with van der Waals surface area (Å²) in [6.45, 7) is 0. The molecule has 64 valence electrons. The summed E-state index contributed by atoms with van der Waals surface area (Å²) in [6, 6.07) is 8.26. The normalized spacial score (nSPS) is 10.5. The molecule has 13 heavy (non-hydrogen) atoms. The van der Waals surface area contributed by atoms with Gasteiger partial charge in [0, 0.05) is 26.2 Å². The molecule has 1 atom stereocenters. The molecule has 0 aliphatic heterocycles. The minimum absolute atomic E-state index is 0. The van der Waals surface area contributed by atoms with Crippen molar-refractivity contribution in [1.29, 1.82) is 0 Å². The third-order valence-corrected chi connectivity index (χ3v) is 1.35. The van der Waals surface area contributed by atoms with E-state index in [4.69, 9.17) is 10.2 Å². The van der Waals surface area contributed by atoms with E-state index in [9.17, 15) is 4.79 Å². The maximum absolute atomic E-state index is 10.2. The Bertz CT molecular complexity index is 253. The van der Waals surface area contributed by atoms with E-state index in [0.29, 0.717) is 5.56 Å². The van der Waals surface area contributed by atoms with Gasteiger partial charge < -0.3 is 10.2 Å². The second kappa shape index (κ2) is 8.48. The van der Waals surface area contributed by atoms with Gasteiger partial charge in [-0.25, -0.2) is 4.79 Å². The third-order valence-electron chi connectivity index (χ3n) is 1.35. The van der Waals surface area contributed by atoms with E-state index in [-0.39, 0.29) is 77.6 Å². The number of rotatable bonds is 2. The van der Waals surface area contributed by atoms with Crippen molar-refractivity contribution in [3.63, 3.8) is 0 Å². The fourth-order valence-corrected chi connectivity index (χ4v) is 0.778. The summed E-state index contributed by atoms with van der Waals surface area (Å²) in [5, 5.41) is 17.4. The number of benzene rings is 1. The van der Waals surface area contributed by atoms with Gasteiger partial charge in [0.15, 0.2) is 6.10 Å². The van der Waals surface area contributed by atoms with Crippen LogP contribution in [0.4, 0.5) is 0 Å². The Hall–Kier alpha value is 1.17. The molecule has 0 saturated heterocycles. The average Bonchev–Trinajstić information content (AvgIpc) is 2.05. The second-order valence-electron chi connectivity index (χ2n) is 2.15. The van der Waals surface area contributed by atoms with Gasteiger partial charge in [-0.1, -0.05) is 30.3 Å². The van der Waals surface area contributed by atoms with Crippen molar-refractivity contribution < 1.29 is 41.2 Å². The Balaban J connectivity index is 0. The molecular weight excluding hydrogens is 274 g/mol. The molecule has 0 heterocycles. The van der Waals surface area contributed by atoms with E-state index in [2.05, 4.69) is 0 Å². The smallest absolute Gasteiger partial charge is 0 e. The van der Waals surface area contributed by atoms with Crippen molar-refractivity contribution in [3.8, 4) is 0 Å². The van der Waals surface area contributed by atoms with Crippen LogP contribution in [-0.2, 0) is 31.0 Å². The topological polar surface area (TPSA) is 57.5 Å². The summed E-state index contributed by atoms with van der Waals surface area (Å²) in [6.07, 6.45) is -1.41. The quantitative estimate of drug-likeness (QED) is 0.760. The predicted octanol–water partition coefficient (Wildman–Crippen LogP) is 0.154.